The van der Waals surface area contributed by atoms with Gasteiger partial charge in [-0.2, -0.15) is 5.10 Å². The molecule has 2 heteroatoms. The third-order valence-electron chi connectivity index (χ3n) is 2.99. The summed E-state index contributed by atoms with van der Waals surface area (Å²) in [5, 5.41) is 4.55. The lowest BCUT2D eigenvalue weighted by molar-refractivity contribution is 0.658. The highest BCUT2D eigenvalue weighted by Gasteiger charge is 2.10. The van der Waals surface area contributed by atoms with Crippen molar-refractivity contribution in [2.75, 3.05) is 0 Å². The second kappa shape index (κ2) is 4.88. The predicted molar refractivity (Wildman–Crippen MR) is 69.8 cm³/mol. The molecule has 0 unspecified atom stereocenters. The highest BCUT2D eigenvalue weighted by Crippen LogP contribution is 2.14. The quantitative estimate of drug-likeness (QED) is 0.733. The predicted octanol–water partition coefficient (Wildman–Crippen LogP) is 2.72. The molecule has 0 radical (unpaired) electrons. The lowest BCUT2D eigenvalue weighted by Gasteiger charge is -2.04. The van der Waals surface area contributed by atoms with Crippen LogP contribution in [0, 0.1) is 26.2 Å². The zero-order valence-electron chi connectivity index (χ0n) is 10.3. The molecule has 2 nitrogen and oxygen atoms in total. The van der Waals surface area contributed by atoms with E-state index in [4.69, 9.17) is 6.42 Å². The normalized spacial score (nSPS) is 10.2. The minimum absolute atomic E-state index is 0.659. The summed E-state index contributed by atoms with van der Waals surface area (Å²) in [6.07, 6.45) is 6.03. The molecule has 0 bridgehead atoms. The number of aryl methyl sites for hydroxylation is 1. The number of rotatable bonds is 3. The molecule has 0 saturated carbocycles. The van der Waals surface area contributed by atoms with Crippen LogP contribution < -0.4 is 0 Å². The number of hydrogen-bond donors (Lipinski definition) is 0. The Kier molecular flexibility index (Phi) is 3.30. The molecule has 0 spiro atoms. The average Bonchev–Trinajstić information content (AvgIpc) is 2.59. The van der Waals surface area contributed by atoms with Crippen molar-refractivity contribution < 1.29 is 0 Å². The first-order chi connectivity index (χ1) is 8.22. The summed E-state index contributed by atoms with van der Waals surface area (Å²) < 4.78 is 2.03. The van der Waals surface area contributed by atoms with Crippen LogP contribution in [0.25, 0.3) is 0 Å². The van der Waals surface area contributed by atoms with Gasteiger partial charge in [-0.3, -0.25) is 4.68 Å². The molecule has 0 fully saturated rings. The van der Waals surface area contributed by atoms with Crippen molar-refractivity contribution in [3.63, 3.8) is 0 Å². The standard InChI is InChI=1S/C15H16N2/c1-4-8-15-12(2)16-17(13(15)3)11-14-9-6-5-7-10-14/h1,5-7,9-10H,8,11H2,2-3H3. The summed E-state index contributed by atoms with van der Waals surface area (Å²) in [5.41, 5.74) is 4.65. The lowest BCUT2D eigenvalue weighted by atomic mass is 10.1. The van der Waals surface area contributed by atoms with Gasteiger partial charge in [-0.15, -0.1) is 12.3 Å². The third-order valence-corrected chi connectivity index (χ3v) is 2.99. The van der Waals surface area contributed by atoms with Crippen LogP contribution in [0.4, 0.5) is 0 Å². The van der Waals surface area contributed by atoms with Gasteiger partial charge in [0.2, 0.25) is 0 Å². The first kappa shape index (κ1) is 11.5. The molecule has 0 amide bonds. The fourth-order valence-corrected chi connectivity index (χ4v) is 2.00. The molecule has 0 aliphatic rings. The van der Waals surface area contributed by atoms with Crippen molar-refractivity contribution in [2.45, 2.75) is 26.8 Å². The Bertz CT molecular complexity index is 544. The molecular formula is C15H16N2. The summed E-state index contributed by atoms with van der Waals surface area (Å²) in [6, 6.07) is 10.3. The van der Waals surface area contributed by atoms with Gasteiger partial charge in [0.1, 0.15) is 0 Å². The molecule has 1 aromatic carbocycles. The van der Waals surface area contributed by atoms with E-state index in [2.05, 4.69) is 30.1 Å². The van der Waals surface area contributed by atoms with Crippen LogP contribution in [0.1, 0.15) is 22.5 Å². The molecule has 2 aromatic rings. The Hall–Kier alpha value is -2.01. The van der Waals surface area contributed by atoms with Gasteiger partial charge < -0.3 is 0 Å². The number of hydrogen-bond acceptors (Lipinski definition) is 1. The van der Waals surface area contributed by atoms with Crippen LogP contribution in [0.5, 0.6) is 0 Å². The van der Waals surface area contributed by atoms with Gasteiger partial charge >= 0.3 is 0 Å². The van der Waals surface area contributed by atoms with E-state index < -0.39 is 0 Å². The Balaban J connectivity index is 2.29. The third kappa shape index (κ3) is 2.39. The van der Waals surface area contributed by atoms with E-state index in [-0.39, 0.29) is 0 Å². The van der Waals surface area contributed by atoms with E-state index in [0.29, 0.717) is 6.42 Å². The number of nitrogens with zero attached hydrogens (tertiary/aromatic N) is 2. The molecule has 17 heavy (non-hydrogen) atoms. The van der Waals surface area contributed by atoms with Crippen LogP contribution in [-0.2, 0) is 13.0 Å². The van der Waals surface area contributed by atoms with Crippen LogP contribution in [-0.4, -0.2) is 9.78 Å². The van der Waals surface area contributed by atoms with Crippen molar-refractivity contribution in [1.29, 1.82) is 0 Å². The summed E-state index contributed by atoms with van der Waals surface area (Å²) in [6.45, 7) is 4.90. The first-order valence-corrected chi connectivity index (χ1v) is 5.72. The molecule has 2 rings (SSSR count). The Morgan fingerprint density at radius 3 is 2.59 bits per heavy atom. The van der Waals surface area contributed by atoms with E-state index in [9.17, 15) is 0 Å². The Morgan fingerprint density at radius 2 is 1.94 bits per heavy atom. The Labute approximate surface area is 102 Å². The fraction of sp³-hybridized carbons (Fsp3) is 0.267. The highest BCUT2D eigenvalue weighted by atomic mass is 15.3. The van der Waals surface area contributed by atoms with Gasteiger partial charge in [-0.05, 0) is 19.4 Å². The van der Waals surface area contributed by atoms with Crippen LogP contribution in [0.3, 0.4) is 0 Å². The van der Waals surface area contributed by atoms with Gasteiger partial charge in [-0.1, -0.05) is 30.3 Å². The first-order valence-electron chi connectivity index (χ1n) is 5.72. The second-order valence-corrected chi connectivity index (χ2v) is 4.17. The van der Waals surface area contributed by atoms with Crippen LogP contribution in [0.15, 0.2) is 30.3 Å². The molecule has 1 heterocycles. The summed E-state index contributed by atoms with van der Waals surface area (Å²) in [4.78, 5) is 0. The van der Waals surface area contributed by atoms with E-state index in [1.165, 1.54) is 16.8 Å². The minimum atomic E-state index is 0.659. The summed E-state index contributed by atoms with van der Waals surface area (Å²) in [7, 11) is 0. The van der Waals surface area contributed by atoms with Gasteiger partial charge in [0.05, 0.1) is 12.2 Å². The number of aromatic nitrogens is 2. The van der Waals surface area contributed by atoms with Gasteiger partial charge in [0.15, 0.2) is 0 Å². The average molecular weight is 224 g/mol. The maximum atomic E-state index is 5.37. The zero-order chi connectivity index (χ0) is 12.3. The second-order valence-electron chi connectivity index (χ2n) is 4.17. The molecule has 0 N–H and O–H groups in total. The minimum Gasteiger partial charge on any atom is -0.265 e. The molecule has 0 aliphatic carbocycles. The molecule has 0 atom stereocenters. The molecule has 0 aliphatic heterocycles. The fourth-order valence-electron chi connectivity index (χ4n) is 2.00. The van der Waals surface area contributed by atoms with Crippen molar-refractivity contribution in [3.8, 4) is 12.3 Å². The highest BCUT2D eigenvalue weighted by molar-refractivity contribution is 5.29. The van der Waals surface area contributed by atoms with Gasteiger partial charge in [0, 0.05) is 17.7 Å². The van der Waals surface area contributed by atoms with Crippen LogP contribution >= 0.6 is 0 Å². The number of benzene rings is 1. The SMILES string of the molecule is C#CCc1c(C)nn(Cc2ccccc2)c1C. The summed E-state index contributed by atoms with van der Waals surface area (Å²) >= 11 is 0. The molecular weight excluding hydrogens is 208 g/mol. The smallest absolute Gasteiger partial charge is 0.0662 e. The van der Waals surface area contributed by atoms with Crippen molar-refractivity contribution in [2.24, 2.45) is 0 Å². The van der Waals surface area contributed by atoms with Crippen molar-refractivity contribution in [3.05, 3.63) is 52.8 Å². The monoisotopic (exact) mass is 224 g/mol. The molecule has 0 saturated heterocycles. The maximum absolute atomic E-state index is 5.37. The Morgan fingerprint density at radius 1 is 1.24 bits per heavy atom. The lowest BCUT2D eigenvalue weighted by Crippen LogP contribution is -2.04. The van der Waals surface area contributed by atoms with Crippen molar-refractivity contribution in [1.82, 2.24) is 9.78 Å². The summed E-state index contributed by atoms with van der Waals surface area (Å²) in [5.74, 6) is 2.69. The topological polar surface area (TPSA) is 17.8 Å². The molecule has 1 aromatic heterocycles. The van der Waals surface area contributed by atoms with Gasteiger partial charge in [-0.25, -0.2) is 0 Å². The zero-order valence-corrected chi connectivity index (χ0v) is 10.3. The van der Waals surface area contributed by atoms with E-state index in [1.807, 2.05) is 29.8 Å². The van der Waals surface area contributed by atoms with Gasteiger partial charge in [0.25, 0.3) is 0 Å². The van der Waals surface area contributed by atoms with E-state index in [1.54, 1.807) is 0 Å². The van der Waals surface area contributed by atoms with Crippen molar-refractivity contribution >= 4 is 0 Å². The van der Waals surface area contributed by atoms with Crippen LogP contribution in [0.2, 0.25) is 0 Å². The van der Waals surface area contributed by atoms with E-state index >= 15 is 0 Å². The number of terminal acetylenes is 1. The largest absolute Gasteiger partial charge is 0.265 e. The maximum Gasteiger partial charge on any atom is 0.0662 e. The van der Waals surface area contributed by atoms with E-state index in [0.717, 1.165) is 12.2 Å². The molecule has 86 valence electrons.